The van der Waals surface area contributed by atoms with E-state index in [1.807, 2.05) is 0 Å². The minimum atomic E-state index is -1.45. The van der Waals surface area contributed by atoms with Gasteiger partial charge in [0.1, 0.15) is 0 Å². The molecular weight excluding hydrogens is 243 g/mol. The SMILES string of the molecule is Fc1cc(-c2n[nH]c3c2CCNC3)cc(F)c1F. The van der Waals surface area contributed by atoms with Gasteiger partial charge in [-0.15, -0.1) is 0 Å². The van der Waals surface area contributed by atoms with Crippen molar-refractivity contribution in [2.75, 3.05) is 6.54 Å². The van der Waals surface area contributed by atoms with Crippen LogP contribution in [0.3, 0.4) is 0 Å². The van der Waals surface area contributed by atoms with Crippen LogP contribution in [0.2, 0.25) is 0 Å². The van der Waals surface area contributed by atoms with Gasteiger partial charge in [-0.1, -0.05) is 0 Å². The number of halogens is 3. The Morgan fingerprint density at radius 2 is 1.83 bits per heavy atom. The summed E-state index contributed by atoms with van der Waals surface area (Å²) in [5.74, 6) is -3.85. The zero-order valence-electron chi connectivity index (χ0n) is 9.36. The number of nitrogens with one attached hydrogen (secondary N) is 2. The highest BCUT2D eigenvalue weighted by Gasteiger charge is 2.20. The summed E-state index contributed by atoms with van der Waals surface area (Å²) in [5, 5.41) is 10.0. The fraction of sp³-hybridized carbons (Fsp3) is 0.250. The van der Waals surface area contributed by atoms with Crippen LogP contribution in [0.4, 0.5) is 13.2 Å². The summed E-state index contributed by atoms with van der Waals surface area (Å²) in [7, 11) is 0. The topological polar surface area (TPSA) is 40.7 Å². The van der Waals surface area contributed by atoms with Crippen molar-refractivity contribution < 1.29 is 13.2 Å². The van der Waals surface area contributed by atoms with Crippen molar-refractivity contribution in [2.45, 2.75) is 13.0 Å². The number of aromatic amines is 1. The van der Waals surface area contributed by atoms with Gasteiger partial charge in [0.2, 0.25) is 0 Å². The van der Waals surface area contributed by atoms with Gasteiger partial charge < -0.3 is 5.32 Å². The van der Waals surface area contributed by atoms with E-state index in [9.17, 15) is 13.2 Å². The largest absolute Gasteiger partial charge is 0.311 e. The number of fused-ring (bicyclic) bond motifs is 1. The molecule has 3 nitrogen and oxygen atoms in total. The molecule has 2 N–H and O–H groups in total. The molecule has 0 atom stereocenters. The molecular formula is C12H10F3N3. The van der Waals surface area contributed by atoms with Gasteiger partial charge >= 0.3 is 0 Å². The first kappa shape index (κ1) is 11.3. The monoisotopic (exact) mass is 253 g/mol. The Bertz CT molecular complexity index is 584. The van der Waals surface area contributed by atoms with Crippen molar-refractivity contribution in [3.05, 3.63) is 40.8 Å². The molecule has 0 bridgehead atoms. The van der Waals surface area contributed by atoms with E-state index in [4.69, 9.17) is 0 Å². The normalized spacial score (nSPS) is 14.6. The second kappa shape index (κ2) is 4.13. The molecule has 0 unspecified atom stereocenters. The van der Waals surface area contributed by atoms with Crippen LogP contribution in [0.5, 0.6) is 0 Å². The zero-order valence-corrected chi connectivity index (χ0v) is 9.36. The van der Waals surface area contributed by atoms with Gasteiger partial charge in [-0.3, -0.25) is 5.10 Å². The summed E-state index contributed by atoms with van der Waals surface area (Å²) in [5.41, 5.74) is 2.58. The quantitative estimate of drug-likeness (QED) is 0.764. The van der Waals surface area contributed by atoms with Crippen molar-refractivity contribution in [1.29, 1.82) is 0 Å². The highest BCUT2D eigenvalue weighted by Crippen LogP contribution is 2.28. The fourth-order valence-corrected chi connectivity index (χ4v) is 2.17. The van der Waals surface area contributed by atoms with Gasteiger partial charge in [-0.05, 0) is 25.1 Å². The van der Waals surface area contributed by atoms with E-state index in [0.717, 1.165) is 36.4 Å². The number of hydrogen-bond donors (Lipinski definition) is 2. The van der Waals surface area contributed by atoms with E-state index in [1.54, 1.807) is 0 Å². The molecule has 3 rings (SSSR count). The van der Waals surface area contributed by atoms with E-state index < -0.39 is 17.5 Å². The molecule has 0 spiro atoms. The maximum atomic E-state index is 13.2. The molecule has 18 heavy (non-hydrogen) atoms. The molecule has 1 aromatic heterocycles. The van der Waals surface area contributed by atoms with Gasteiger partial charge in [-0.2, -0.15) is 5.10 Å². The number of H-pyrrole nitrogens is 1. The van der Waals surface area contributed by atoms with Crippen molar-refractivity contribution in [2.24, 2.45) is 0 Å². The molecule has 0 aliphatic carbocycles. The predicted molar refractivity (Wildman–Crippen MR) is 59.3 cm³/mol. The van der Waals surface area contributed by atoms with Crippen molar-refractivity contribution >= 4 is 0 Å². The third kappa shape index (κ3) is 1.69. The maximum Gasteiger partial charge on any atom is 0.194 e. The number of nitrogens with zero attached hydrogens (tertiary/aromatic N) is 1. The van der Waals surface area contributed by atoms with Crippen LogP contribution in [0, 0.1) is 17.5 Å². The van der Waals surface area contributed by atoms with Gasteiger partial charge in [0, 0.05) is 17.7 Å². The Hall–Kier alpha value is -1.82. The smallest absolute Gasteiger partial charge is 0.194 e. The lowest BCUT2D eigenvalue weighted by molar-refractivity contribution is 0.447. The van der Waals surface area contributed by atoms with Crippen LogP contribution in [-0.4, -0.2) is 16.7 Å². The Morgan fingerprint density at radius 1 is 1.11 bits per heavy atom. The molecule has 1 aliphatic rings. The summed E-state index contributed by atoms with van der Waals surface area (Å²) in [6.45, 7) is 1.43. The van der Waals surface area contributed by atoms with E-state index >= 15 is 0 Å². The average molecular weight is 253 g/mol. The molecule has 0 saturated heterocycles. The second-order valence-corrected chi connectivity index (χ2v) is 4.21. The van der Waals surface area contributed by atoms with Crippen LogP contribution in [0.15, 0.2) is 12.1 Å². The van der Waals surface area contributed by atoms with Gasteiger partial charge in [0.15, 0.2) is 17.5 Å². The predicted octanol–water partition coefficient (Wildman–Crippen LogP) is 2.14. The molecule has 1 aliphatic heterocycles. The first-order valence-electron chi connectivity index (χ1n) is 5.58. The number of rotatable bonds is 1. The number of hydrogen-bond acceptors (Lipinski definition) is 2. The summed E-state index contributed by atoms with van der Waals surface area (Å²) in [6, 6.07) is 1.94. The van der Waals surface area contributed by atoms with Crippen LogP contribution >= 0.6 is 0 Å². The van der Waals surface area contributed by atoms with E-state index in [2.05, 4.69) is 15.5 Å². The lowest BCUT2D eigenvalue weighted by Crippen LogP contribution is -2.23. The molecule has 0 radical (unpaired) electrons. The minimum absolute atomic E-state index is 0.255. The molecule has 1 aromatic carbocycles. The van der Waals surface area contributed by atoms with Crippen LogP contribution in [0.25, 0.3) is 11.3 Å². The van der Waals surface area contributed by atoms with Gasteiger partial charge in [-0.25, -0.2) is 13.2 Å². The molecule has 2 aromatic rings. The maximum absolute atomic E-state index is 13.2. The number of benzene rings is 1. The highest BCUT2D eigenvalue weighted by atomic mass is 19.2. The van der Waals surface area contributed by atoms with Crippen LogP contribution < -0.4 is 5.32 Å². The number of aromatic nitrogens is 2. The molecule has 2 heterocycles. The zero-order chi connectivity index (χ0) is 12.7. The summed E-state index contributed by atoms with van der Waals surface area (Å²) in [4.78, 5) is 0. The highest BCUT2D eigenvalue weighted by molar-refractivity contribution is 5.64. The first-order valence-corrected chi connectivity index (χ1v) is 5.58. The van der Waals surface area contributed by atoms with Gasteiger partial charge in [0.25, 0.3) is 0 Å². The molecule has 94 valence electrons. The lowest BCUT2D eigenvalue weighted by Gasteiger charge is -2.13. The second-order valence-electron chi connectivity index (χ2n) is 4.21. The molecule has 0 saturated carbocycles. The average Bonchev–Trinajstić information content (AvgIpc) is 2.79. The van der Waals surface area contributed by atoms with Crippen molar-refractivity contribution in [3.63, 3.8) is 0 Å². The lowest BCUT2D eigenvalue weighted by atomic mass is 10.0. The van der Waals surface area contributed by atoms with Crippen LogP contribution in [-0.2, 0) is 13.0 Å². The summed E-state index contributed by atoms with van der Waals surface area (Å²) < 4.78 is 39.3. The Kier molecular flexibility index (Phi) is 2.59. The van der Waals surface area contributed by atoms with Crippen molar-refractivity contribution in [1.82, 2.24) is 15.5 Å². The van der Waals surface area contributed by atoms with Gasteiger partial charge in [0.05, 0.1) is 11.4 Å². The Labute approximate surface area is 101 Å². The van der Waals surface area contributed by atoms with E-state index in [1.165, 1.54) is 0 Å². The summed E-state index contributed by atoms with van der Waals surface area (Å²) >= 11 is 0. The molecule has 6 heteroatoms. The van der Waals surface area contributed by atoms with Crippen molar-refractivity contribution in [3.8, 4) is 11.3 Å². The fourth-order valence-electron chi connectivity index (χ4n) is 2.17. The third-order valence-corrected chi connectivity index (χ3v) is 3.06. The Morgan fingerprint density at radius 3 is 2.56 bits per heavy atom. The molecule has 0 amide bonds. The molecule has 0 fully saturated rings. The summed E-state index contributed by atoms with van der Waals surface area (Å²) in [6.07, 6.45) is 0.724. The standard InChI is InChI=1S/C12H10F3N3/c13-8-3-6(4-9(14)11(8)15)12-7-1-2-16-5-10(7)17-18-12/h3-4,16H,1-2,5H2,(H,17,18). The van der Waals surface area contributed by atoms with E-state index in [-0.39, 0.29) is 5.56 Å². The van der Waals surface area contributed by atoms with E-state index in [0.29, 0.717) is 12.2 Å². The third-order valence-electron chi connectivity index (χ3n) is 3.06. The Balaban J connectivity index is 2.13. The minimum Gasteiger partial charge on any atom is -0.311 e. The van der Waals surface area contributed by atoms with Crippen LogP contribution in [0.1, 0.15) is 11.3 Å². The first-order chi connectivity index (χ1) is 8.66.